The van der Waals surface area contributed by atoms with Crippen molar-refractivity contribution in [3.63, 3.8) is 0 Å². The number of carbonyl (C=O) groups excluding carboxylic acids is 2. The van der Waals surface area contributed by atoms with Crippen molar-refractivity contribution in [1.82, 2.24) is 15.3 Å². The highest BCUT2D eigenvalue weighted by molar-refractivity contribution is 5.81. The Bertz CT molecular complexity index is 994. The predicted molar refractivity (Wildman–Crippen MR) is 96.9 cm³/mol. The number of nitrogens with one attached hydrogen (secondary N) is 2. The van der Waals surface area contributed by atoms with Gasteiger partial charge < -0.3 is 19.5 Å². The van der Waals surface area contributed by atoms with Crippen molar-refractivity contribution in [1.29, 1.82) is 0 Å². The molecule has 1 amide bonds. The molecule has 0 spiro atoms. The summed E-state index contributed by atoms with van der Waals surface area (Å²) in [4.78, 5) is 42.6. The summed E-state index contributed by atoms with van der Waals surface area (Å²) in [5, 5.41) is 3.16. The fraction of sp³-hybridized carbons (Fsp3) is 0.263. The Kier molecular flexibility index (Phi) is 5.65. The average molecular weight is 369 g/mol. The Morgan fingerprint density at radius 1 is 1.26 bits per heavy atom. The van der Waals surface area contributed by atoms with E-state index in [0.717, 1.165) is 0 Å². The van der Waals surface area contributed by atoms with Crippen LogP contribution in [0.4, 0.5) is 0 Å². The van der Waals surface area contributed by atoms with Crippen molar-refractivity contribution in [2.45, 2.75) is 25.8 Å². The van der Waals surface area contributed by atoms with Crippen LogP contribution in [0.1, 0.15) is 31.0 Å². The van der Waals surface area contributed by atoms with E-state index in [1.807, 2.05) is 0 Å². The van der Waals surface area contributed by atoms with Crippen LogP contribution < -0.4 is 10.9 Å². The molecule has 0 fully saturated rings. The minimum absolute atomic E-state index is 0.00228. The summed E-state index contributed by atoms with van der Waals surface area (Å²) in [6.07, 6.45) is 1.73. The first-order chi connectivity index (χ1) is 13.0. The van der Waals surface area contributed by atoms with Crippen molar-refractivity contribution >= 4 is 22.8 Å². The molecule has 2 N–H and O–H groups in total. The second-order valence-electron chi connectivity index (χ2n) is 6.00. The highest BCUT2D eigenvalue weighted by Crippen LogP contribution is 2.12. The van der Waals surface area contributed by atoms with Gasteiger partial charge in [0.2, 0.25) is 0 Å². The van der Waals surface area contributed by atoms with Crippen LogP contribution in [0.25, 0.3) is 10.9 Å². The molecule has 27 heavy (non-hydrogen) atoms. The molecule has 0 aliphatic carbocycles. The number of hydrogen-bond acceptors (Lipinski definition) is 6. The summed E-state index contributed by atoms with van der Waals surface area (Å²) in [5.41, 5.74) is 0.311. The third kappa shape index (κ3) is 4.81. The number of carbonyl (C=O) groups is 2. The fourth-order valence-corrected chi connectivity index (χ4v) is 2.58. The number of benzene rings is 1. The quantitative estimate of drug-likeness (QED) is 0.615. The number of para-hydroxylation sites is 1. The van der Waals surface area contributed by atoms with Crippen molar-refractivity contribution in [2.75, 3.05) is 6.61 Å². The van der Waals surface area contributed by atoms with Crippen molar-refractivity contribution in [2.24, 2.45) is 0 Å². The number of fused-ring (bicyclic) bond motifs is 1. The Labute approximate surface area is 154 Å². The molecule has 0 radical (unpaired) electrons. The summed E-state index contributed by atoms with van der Waals surface area (Å²) in [6, 6.07) is 10.1. The Balaban J connectivity index is 1.47. The van der Waals surface area contributed by atoms with Crippen molar-refractivity contribution < 1.29 is 18.7 Å². The molecule has 0 aliphatic heterocycles. The second-order valence-corrected chi connectivity index (χ2v) is 6.00. The van der Waals surface area contributed by atoms with Gasteiger partial charge in [0.1, 0.15) is 11.6 Å². The van der Waals surface area contributed by atoms with Crippen molar-refractivity contribution in [3.05, 3.63) is 64.6 Å². The second kappa shape index (κ2) is 8.31. The van der Waals surface area contributed by atoms with E-state index in [1.165, 1.54) is 6.26 Å². The molecule has 140 valence electrons. The molecule has 2 heterocycles. The van der Waals surface area contributed by atoms with Gasteiger partial charge in [0.25, 0.3) is 11.5 Å². The zero-order valence-corrected chi connectivity index (χ0v) is 14.7. The van der Waals surface area contributed by atoms with Crippen LogP contribution in [-0.2, 0) is 20.7 Å². The number of nitrogens with zero attached hydrogens (tertiary/aromatic N) is 1. The van der Waals surface area contributed by atoms with E-state index in [4.69, 9.17) is 9.15 Å². The van der Waals surface area contributed by atoms with Crippen LogP contribution >= 0.6 is 0 Å². The number of ether oxygens (including phenoxy) is 1. The normalized spacial score (nSPS) is 11.9. The van der Waals surface area contributed by atoms with Gasteiger partial charge >= 0.3 is 5.97 Å². The Morgan fingerprint density at radius 2 is 2.07 bits per heavy atom. The number of H-pyrrole nitrogens is 1. The zero-order valence-electron chi connectivity index (χ0n) is 14.7. The topological polar surface area (TPSA) is 114 Å². The first-order valence-corrected chi connectivity index (χ1v) is 8.49. The maximum atomic E-state index is 12.0. The minimum atomic E-state index is -0.549. The largest absolute Gasteiger partial charge is 0.467 e. The highest BCUT2D eigenvalue weighted by Gasteiger charge is 2.14. The van der Waals surface area contributed by atoms with Crippen LogP contribution in [0.15, 0.2) is 51.9 Å². The number of furan rings is 1. The van der Waals surface area contributed by atoms with Crippen LogP contribution in [0, 0.1) is 0 Å². The van der Waals surface area contributed by atoms with Gasteiger partial charge in [-0.3, -0.25) is 14.4 Å². The minimum Gasteiger partial charge on any atom is -0.467 e. The molecule has 0 saturated heterocycles. The van der Waals surface area contributed by atoms with Crippen LogP contribution in [0.2, 0.25) is 0 Å². The van der Waals surface area contributed by atoms with Gasteiger partial charge in [0, 0.05) is 6.42 Å². The third-order valence-electron chi connectivity index (χ3n) is 3.94. The van der Waals surface area contributed by atoms with E-state index in [0.29, 0.717) is 22.5 Å². The lowest BCUT2D eigenvalue weighted by atomic mass is 10.2. The lowest BCUT2D eigenvalue weighted by molar-refractivity contribution is -0.148. The van der Waals surface area contributed by atoms with Gasteiger partial charge in [-0.15, -0.1) is 0 Å². The summed E-state index contributed by atoms with van der Waals surface area (Å²) in [7, 11) is 0. The lowest BCUT2D eigenvalue weighted by Crippen LogP contribution is -2.31. The molecule has 0 unspecified atom stereocenters. The van der Waals surface area contributed by atoms with Gasteiger partial charge in [-0.05, 0) is 31.2 Å². The SMILES string of the molecule is C[C@@H](NC(=O)COC(=O)CCc1nc2ccccc2c(=O)[nH]1)c1ccco1. The molecule has 3 aromatic rings. The number of amides is 1. The molecule has 1 aromatic carbocycles. The lowest BCUT2D eigenvalue weighted by Gasteiger charge is -2.11. The van der Waals surface area contributed by atoms with E-state index in [9.17, 15) is 14.4 Å². The third-order valence-corrected chi connectivity index (χ3v) is 3.94. The summed E-state index contributed by atoms with van der Waals surface area (Å²) in [6.45, 7) is 1.38. The average Bonchev–Trinajstić information content (AvgIpc) is 3.20. The van der Waals surface area contributed by atoms with Gasteiger partial charge in [-0.1, -0.05) is 12.1 Å². The summed E-state index contributed by atoms with van der Waals surface area (Å²) >= 11 is 0. The number of aromatic amines is 1. The van der Waals surface area contributed by atoms with E-state index >= 15 is 0 Å². The molecule has 3 rings (SSSR count). The van der Waals surface area contributed by atoms with Gasteiger partial charge in [0.15, 0.2) is 6.61 Å². The Hall–Kier alpha value is -3.42. The number of aryl methyl sites for hydroxylation is 1. The summed E-state index contributed by atoms with van der Waals surface area (Å²) in [5.74, 6) is 0.0312. The fourth-order valence-electron chi connectivity index (χ4n) is 2.58. The monoisotopic (exact) mass is 369 g/mol. The van der Waals surface area contributed by atoms with Gasteiger partial charge in [0.05, 0.1) is 29.6 Å². The number of rotatable bonds is 7. The molecule has 0 saturated carbocycles. The van der Waals surface area contributed by atoms with Gasteiger partial charge in [-0.25, -0.2) is 4.98 Å². The molecule has 0 aliphatic rings. The highest BCUT2D eigenvalue weighted by atomic mass is 16.5. The summed E-state index contributed by atoms with van der Waals surface area (Å²) < 4.78 is 10.2. The van der Waals surface area contributed by atoms with E-state index < -0.39 is 11.9 Å². The van der Waals surface area contributed by atoms with Crippen LogP contribution in [-0.4, -0.2) is 28.5 Å². The molecule has 2 aromatic heterocycles. The van der Waals surface area contributed by atoms with Crippen molar-refractivity contribution in [3.8, 4) is 0 Å². The van der Waals surface area contributed by atoms with Gasteiger partial charge in [-0.2, -0.15) is 0 Å². The number of aromatic nitrogens is 2. The smallest absolute Gasteiger partial charge is 0.306 e. The van der Waals surface area contributed by atoms with Crippen LogP contribution in [0.5, 0.6) is 0 Å². The number of hydrogen-bond donors (Lipinski definition) is 2. The molecule has 8 nitrogen and oxygen atoms in total. The molecule has 1 atom stereocenters. The zero-order chi connectivity index (χ0) is 19.2. The van der Waals surface area contributed by atoms with Crippen LogP contribution in [0.3, 0.4) is 0 Å². The molecular weight excluding hydrogens is 350 g/mol. The van der Waals surface area contributed by atoms with E-state index in [-0.39, 0.29) is 31.0 Å². The molecular formula is C19H19N3O5. The van der Waals surface area contributed by atoms with E-state index in [1.54, 1.807) is 43.3 Å². The first kappa shape index (κ1) is 18.4. The number of esters is 1. The maximum absolute atomic E-state index is 12.0. The Morgan fingerprint density at radius 3 is 2.85 bits per heavy atom. The first-order valence-electron chi connectivity index (χ1n) is 8.49. The molecule has 0 bridgehead atoms. The maximum Gasteiger partial charge on any atom is 0.306 e. The standard InChI is InChI=1S/C19H19N3O5/c1-12(15-7-4-10-26-15)20-17(23)11-27-18(24)9-8-16-21-14-6-3-2-5-13(14)19(25)22-16/h2-7,10,12H,8-9,11H2,1H3,(H,20,23)(H,21,22,25)/t12-/m1/s1. The van der Waals surface area contributed by atoms with E-state index in [2.05, 4.69) is 15.3 Å². The molecule has 8 heteroatoms. The predicted octanol–water partition coefficient (Wildman–Crippen LogP) is 1.87.